The van der Waals surface area contributed by atoms with Crippen LogP contribution in [0.5, 0.6) is 0 Å². The van der Waals surface area contributed by atoms with Gasteiger partial charge in [0.25, 0.3) is 5.91 Å². The highest BCUT2D eigenvalue weighted by Crippen LogP contribution is 2.31. The van der Waals surface area contributed by atoms with E-state index in [0.717, 1.165) is 36.9 Å². The summed E-state index contributed by atoms with van der Waals surface area (Å²) in [6, 6.07) is 5.99. The van der Waals surface area contributed by atoms with Gasteiger partial charge in [0, 0.05) is 37.2 Å². The molecule has 7 nitrogen and oxygen atoms in total. The second kappa shape index (κ2) is 7.05. The Hall–Kier alpha value is -2.25. The fraction of sp³-hybridized carbons (Fsp3) is 0.550. The summed E-state index contributed by atoms with van der Waals surface area (Å²) < 4.78 is 0. The average molecular weight is 370 g/mol. The number of amides is 3. The zero-order chi connectivity index (χ0) is 19.1. The Labute approximate surface area is 158 Å². The standard InChI is InChI=1S/C20H26N4O3/c1-23(14-6-5-13(21)9-14)10-12-3-2-4-15-16(12)11-24(20(15)27)17-7-8-18(25)22-19(17)26/h2-4,13-14,17H,5-11,21H2,1H3,(H,22,25,26). The summed E-state index contributed by atoms with van der Waals surface area (Å²) in [6.07, 6.45) is 3.83. The van der Waals surface area contributed by atoms with E-state index in [2.05, 4.69) is 23.3 Å². The Kier molecular flexibility index (Phi) is 4.74. The minimum atomic E-state index is -0.569. The van der Waals surface area contributed by atoms with Crippen molar-refractivity contribution in [3.63, 3.8) is 0 Å². The molecule has 1 saturated carbocycles. The minimum absolute atomic E-state index is 0.119. The first-order valence-corrected chi connectivity index (χ1v) is 9.65. The molecule has 3 N–H and O–H groups in total. The number of carbonyl (C=O) groups is 3. The number of nitrogens with zero attached hydrogens (tertiary/aromatic N) is 2. The SMILES string of the molecule is CN(Cc1cccc2c1CN(C1CCC(=O)NC1=O)C2=O)C1CCC(N)C1. The van der Waals surface area contributed by atoms with Crippen LogP contribution in [0.1, 0.15) is 53.6 Å². The fourth-order valence-electron chi connectivity index (χ4n) is 4.59. The summed E-state index contributed by atoms with van der Waals surface area (Å²) >= 11 is 0. The summed E-state index contributed by atoms with van der Waals surface area (Å²) in [4.78, 5) is 40.4. The number of benzene rings is 1. The molecule has 1 aromatic carbocycles. The van der Waals surface area contributed by atoms with Crippen LogP contribution in [0.3, 0.4) is 0 Å². The molecule has 7 heteroatoms. The second-order valence-electron chi connectivity index (χ2n) is 7.99. The van der Waals surface area contributed by atoms with Crippen molar-refractivity contribution in [3.05, 3.63) is 34.9 Å². The van der Waals surface area contributed by atoms with Crippen molar-refractivity contribution in [1.29, 1.82) is 0 Å². The normalized spacial score (nSPS) is 28.0. The van der Waals surface area contributed by atoms with Crippen LogP contribution in [0, 0.1) is 0 Å². The summed E-state index contributed by atoms with van der Waals surface area (Å²) in [7, 11) is 2.11. The molecule has 0 aromatic heterocycles. The number of nitrogens with two attached hydrogens (primary N) is 1. The van der Waals surface area contributed by atoms with Crippen LogP contribution >= 0.6 is 0 Å². The molecule has 3 amide bonds. The molecule has 3 unspecified atom stereocenters. The molecule has 2 heterocycles. The molecule has 27 heavy (non-hydrogen) atoms. The number of nitrogens with one attached hydrogen (secondary N) is 1. The lowest BCUT2D eigenvalue weighted by molar-refractivity contribution is -0.136. The fourth-order valence-corrected chi connectivity index (χ4v) is 4.59. The predicted molar refractivity (Wildman–Crippen MR) is 99.6 cm³/mol. The van der Waals surface area contributed by atoms with Crippen LogP contribution in [0.15, 0.2) is 18.2 Å². The summed E-state index contributed by atoms with van der Waals surface area (Å²) in [5.74, 6) is -0.754. The second-order valence-corrected chi connectivity index (χ2v) is 7.99. The van der Waals surface area contributed by atoms with Gasteiger partial charge in [-0.25, -0.2) is 0 Å². The summed E-state index contributed by atoms with van der Waals surface area (Å²) in [5.41, 5.74) is 8.85. The maximum absolute atomic E-state index is 12.9. The van der Waals surface area contributed by atoms with Gasteiger partial charge in [0.05, 0.1) is 0 Å². The lowest BCUT2D eigenvalue weighted by Crippen LogP contribution is -2.52. The first-order valence-electron chi connectivity index (χ1n) is 9.65. The van der Waals surface area contributed by atoms with Crippen molar-refractivity contribution in [3.8, 4) is 0 Å². The van der Waals surface area contributed by atoms with Crippen molar-refractivity contribution < 1.29 is 14.4 Å². The van der Waals surface area contributed by atoms with Gasteiger partial charge in [0.2, 0.25) is 11.8 Å². The highest BCUT2D eigenvalue weighted by atomic mass is 16.2. The van der Waals surface area contributed by atoms with Gasteiger partial charge in [0.15, 0.2) is 0 Å². The zero-order valence-electron chi connectivity index (χ0n) is 15.6. The number of fused-ring (bicyclic) bond motifs is 1. The van der Waals surface area contributed by atoms with Crippen LogP contribution in [-0.2, 0) is 22.7 Å². The zero-order valence-corrected chi connectivity index (χ0v) is 15.6. The van der Waals surface area contributed by atoms with E-state index in [0.29, 0.717) is 24.6 Å². The van der Waals surface area contributed by atoms with Gasteiger partial charge >= 0.3 is 0 Å². The molecule has 144 valence electrons. The molecule has 3 aliphatic rings. The van der Waals surface area contributed by atoms with Crippen LogP contribution in [0.2, 0.25) is 0 Å². The topological polar surface area (TPSA) is 95.7 Å². The Morgan fingerprint density at radius 2 is 2.04 bits per heavy atom. The molecule has 1 saturated heterocycles. The number of hydrogen-bond donors (Lipinski definition) is 2. The third kappa shape index (κ3) is 3.37. The van der Waals surface area contributed by atoms with Crippen LogP contribution in [-0.4, -0.2) is 52.7 Å². The van der Waals surface area contributed by atoms with E-state index in [1.54, 1.807) is 4.90 Å². The van der Waals surface area contributed by atoms with E-state index in [4.69, 9.17) is 5.73 Å². The number of hydrogen-bond acceptors (Lipinski definition) is 5. The van der Waals surface area contributed by atoms with Crippen molar-refractivity contribution in [2.24, 2.45) is 5.73 Å². The quantitative estimate of drug-likeness (QED) is 0.763. The van der Waals surface area contributed by atoms with E-state index in [9.17, 15) is 14.4 Å². The summed E-state index contributed by atoms with van der Waals surface area (Å²) in [6.45, 7) is 1.19. The van der Waals surface area contributed by atoms with Crippen LogP contribution in [0.25, 0.3) is 0 Å². The first kappa shape index (κ1) is 18.1. The number of piperidine rings is 1. The highest BCUT2D eigenvalue weighted by Gasteiger charge is 2.40. The van der Waals surface area contributed by atoms with E-state index in [1.807, 2.05) is 12.1 Å². The molecular weight excluding hydrogens is 344 g/mol. The molecule has 0 radical (unpaired) electrons. The Morgan fingerprint density at radius 1 is 1.22 bits per heavy atom. The predicted octanol–water partition coefficient (Wildman–Crippen LogP) is 0.759. The van der Waals surface area contributed by atoms with E-state index >= 15 is 0 Å². The Morgan fingerprint density at radius 3 is 2.74 bits per heavy atom. The molecule has 3 atom stereocenters. The molecule has 2 fully saturated rings. The van der Waals surface area contributed by atoms with E-state index in [-0.39, 0.29) is 30.2 Å². The van der Waals surface area contributed by atoms with Crippen LogP contribution in [0.4, 0.5) is 0 Å². The highest BCUT2D eigenvalue weighted by molar-refractivity contribution is 6.05. The van der Waals surface area contributed by atoms with E-state index in [1.165, 1.54) is 0 Å². The third-order valence-electron chi connectivity index (χ3n) is 6.17. The molecular formula is C20H26N4O3. The Balaban J connectivity index is 1.52. The molecule has 2 aliphatic heterocycles. The molecule has 1 aromatic rings. The molecule has 0 spiro atoms. The van der Waals surface area contributed by atoms with Crippen molar-refractivity contribution in [2.45, 2.75) is 63.3 Å². The van der Waals surface area contributed by atoms with Gasteiger partial charge in [0.1, 0.15) is 6.04 Å². The first-order chi connectivity index (χ1) is 12.9. The van der Waals surface area contributed by atoms with Crippen molar-refractivity contribution in [1.82, 2.24) is 15.1 Å². The minimum Gasteiger partial charge on any atom is -0.328 e. The van der Waals surface area contributed by atoms with Gasteiger partial charge in [-0.2, -0.15) is 0 Å². The third-order valence-corrected chi connectivity index (χ3v) is 6.17. The largest absolute Gasteiger partial charge is 0.328 e. The van der Waals surface area contributed by atoms with Crippen molar-refractivity contribution in [2.75, 3.05) is 7.05 Å². The lowest BCUT2D eigenvalue weighted by Gasteiger charge is -2.29. The molecule has 0 bridgehead atoms. The number of carbonyl (C=O) groups excluding carboxylic acids is 3. The van der Waals surface area contributed by atoms with Gasteiger partial charge < -0.3 is 10.6 Å². The van der Waals surface area contributed by atoms with Gasteiger partial charge in [-0.15, -0.1) is 0 Å². The van der Waals surface area contributed by atoms with Gasteiger partial charge in [-0.3, -0.25) is 24.6 Å². The number of imide groups is 1. The lowest BCUT2D eigenvalue weighted by atomic mass is 10.0. The average Bonchev–Trinajstić information content (AvgIpc) is 3.20. The molecule has 1 aliphatic carbocycles. The molecule has 4 rings (SSSR count). The van der Waals surface area contributed by atoms with E-state index < -0.39 is 6.04 Å². The Bertz CT molecular complexity index is 793. The maximum Gasteiger partial charge on any atom is 0.255 e. The van der Waals surface area contributed by atoms with Crippen LogP contribution < -0.4 is 11.1 Å². The monoisotopic (exact) mass is 370 g/mol. The van der Waals surface area contributed by atoms with Crippen molar-refractivity contribution >= 4 is 17.7 Å². The van der Waals surface area contributed by atoms with Gasteiger partial charge in [-0.1, -0.05) is 12.1 Å². The smallest absolute Gasteiger partial charge is 0.255 e. The summed E-state index contributed by atoms with van der Waals surface area (Å²) in [5, 5.41) is 2.35. The van der Waals surface area contributed by atoms with Gasteiger partial charge in [-0.05, 0) is 49.9 Å². The maximum atomic E-state index is 12.9. The number of rotatable bonds is 4.